The number of benzene rings is 1. The van der Waals surface area contributed by atoms with E-state index >= 15 is 0 Å². The fourth-order valence-corrected chi connectivity index (χ4v) is 3.31. The monoisotopic (exact) mass is 451 g/mol. The van der Waals surface area contributed by atoms with Crippen molar-refractivity contribution in [2.45, 2.75) is 39.8 Å². The van der Waals surface area contributed by atoms with Crippen LogP contribution in [0, 0.1) is 18.7 Å². The second kappa shape index (κ2) is 12.2. The number of carbonyl (C=O) groups excluding carboxylic acids is 1. The van der Waals surface area contributed by atoms with E-state index in [1.165, 1.54) is 23.5 Å². The Kier molecular flexibility index (Phi) is 11.6. The van der Waals surface area contributed by atoms with Crippen molar-refractivity contribution in [1.29, 1.82) is 0 Å². The summed E-state index contributed by atoms with van der Waals surface area (Å²) in [5, 5.41) is 0.711. The number of thiazole rings is 1. The van der Waals surface area contributed by atoms with Crippen LogP contribution >= 0.6 is 36.2 Å². The topological polar surface area (TPSA) is 68.5 Å². The Hall–Kier alpha value is -1.41. The van der Waals surface area contributed by atoms with Crippen LogP contribution in [0.4, 0.5) is 4.39 Å². The first-order chi connectivity index (χ1) is 12.3. The van der Waals surface area contributed by atoms with Crippen LogP contribution in [0.3, 0.4) is 0 Å². The van der Waals surface area contributed by atoms with Crippen LogP contribution in [0.1, 0.15) is 40.6 Å². The van der Waals surface area contributed by atoms with Crippen LogP contribution in [0.5, 0.6) is 5.75 Å². The number of amides is 1. The summed E-state index contributed by atoms with van der Waals surface area (Å²) in [5.74, 6) is 0.588. The van der Waals surface area contributed by atoms with Gasteiger partial charge >= 0.3 is 0 Å². The average Bonchev–Trinajstić information content (AvgIpc) is 2.98. The Labute approximate surface area is 182 Å². The highest BCUT2D eigenvalue weighted by Crippen LogP contribution is 2.22. The van der Waals surface area contributed by atoms with E-state index in [0.29, 0.717) is 33.8 Å². The van der Waals surface area contributed by atoms with Crippen molar-refractivity contribution in [2.75, 3.05) is 13.6 Å². The second-order valence-electron chi connectivity index (χ2n) is 6.69. The van der Waals surface area contributed by atoms with Crippen molar-refractivity contribution in [3.05, 3.63) is 45.7 Å². The van der Waals surface area contributed by atoms with E-state index in [1.807, 2.05) is 6.92 Å². The Balaban J connectivity index is 0.00000364. The van der Waals surface area contributed by atoms with E-state index in [0.717, 1.165) is 6.42 Å². The van der Waals surface area contributed by atoms with Gasteiger partial charge in [-0.15, -0.1) is 36.2 Å². The van der Waals surface area contributed by atoms with E-state index in [9.17, 15) is 9.18 Å². The van der Waals surface area contributed by atoms with Gasteiger partial charge in [-0.25, -0.2) is 9.37 Å². The van der Waals surface area contributed by atoms with Gasteiger partial charge in [-0.1, -0.05) is 13.8 Å². The number of nitrogens with two attached hydrogens (primary N) is 1. The predicted molar refractivity (Wildman–Crippen MR) is 116 cm³/mol. The molecule has 9 heteroatoms. The number of halogens is 3. The van der Waals surface area contributed by atoms with Crippen molar-refractivity contribution in [3.63, 3.8) is 0 Å². The number of aryl methyl sites for hydroxylation is 1. The van der Waals surface area contributed by atoms with Crippen LogP contribution < -0.4 is 10.5 Å². The molecule has 0 saturated carbocycles. The molecule has 0 aliphatic carbocycles. The van der Waals surface area contributed by atoms with Crippen LogP contribution in [-0.2, 0) is 6.61 Å². The summed E-state index contributed by atoms with van der Waals surface area (Å²) in [4.78, 5) is 19.4. The molecule has 0 spiro atoms. The molecule has 0 bridgehead atoms. The third-order valence-electron chi connectivity index (χ3n) is 4.21. The summed E-state index contributed by atoms with van der Waals surface area (Å²) in [6.45, 7) is 6.82. The molecule has 2 N–H and O–H groups in total. The first-order valence-electron chi connectivity index (χ1n) is 8.63. The van der Waals surface area contributed by atoms with Crippen molar-refractivity contribution in [2.24, 2.45) is 11.7 Å². The number of rotatable bonds is 8. The first-order valence-corrected chi connectivity index (χ1v) is 9.45. The Morgan fingerprint density at radius 3 is 2.46 bits per heavy atom. The fourth-order valence-electron chi connectivity index (χ4n) is 2.34. The Morgan fingerprint density at radius 2 is 1.89 bits per heavy atom. The molecule has 0 saturated heterocycles. The minimum Gasteiger partial charge on any atom is -0.486 e. The molecule has 1 heterocycles. The smallest absolute Gasteiger partial charge is 0.265 e. The lowest BCUT2D eigenvalue weighted by molar-refractivity contribution is 0.0793. The fraction of sp³-hybridized carbons (Fsp3) is 0.474. The maximum atomic E-state index is 12.9. The quantitative estimate of drug-likeness (QED) is 0.642. The van der Waals surface area contributed by atoms with Crippen molar-refractivity contribution < 1.29 is 13.9 Å². The highest BCUT2D eigenvalue weighted by atomic mass is 35.5. The lowest BCUT2D eigenvalue weighted by Crippen LogP contribution is -2.34. The molecule has 2 aromatic rings. The SMILES string of the molecule is Cc1nc(COc2ccc(F)cc2)sc1C(=O)N(C)CCC(N)C(C)C.Cl.Cl. The van der Waals surface area contributed by atoms with Gasteiger partial charge in [-0.05, 0) is 43.5 Å². The molecular weight excluding hydrogens is 424 g/mol. The van der Waals surface area contributed by atoms with E-state index in [1.54, 1.807) is 24.1 Å². The molecule has 1 aromatic heterocycles. The average molecular weight is 452 g/mol. The molecule has 0 aliphatic rings. The zero-order chi connectivity index (χ0) is 19.3. The normalized spacial score (nSPS) is 11.4. The maximum Gasteiger partial charge on any atom is 0.265 e. The number of nitrogens with zero attached hydrogens (tertiary/aromatic N) is 2. The Morgan fingerprint density at radius 1 is 1.29 bits per heavy atom. The second-order valence-corrected chi connectivity index (χ2v) is 7.77. The van der Waals surface area contributed by atoms with Crippen LogP contribution in [0.25, 0.3) is 0 Å². The van der Waals surface area contributed by atoms with Gasteiger partial charge in [0.25, 0.3) is 5.91 Å². The van der Waals surface area contributed by atoms with E-state index in [2.05, 4.69) is 18.8 Å². The minimum absolute atomic E-state index is 0. The highest BCUT2D eigenvalue weighted by molar-refractivity contribution is 7.13. The zero-order valence-electron chi connectivity index (χ0n) is 16.5. The van der Waals surface area contributed by atoms with Gasteiger partial charge in [0.1, 0.15) is 28.1 Å². The first kappa shape index (κ1) is 26.6. The van der Waals surface area contributed by atoms with Crippen molar-refractivity contribution in [1.82, 2.24) is 9.88 Å². The molecule has 28 heavy (non-hydrogen) atoms. The Bertz CT molecular complexity index is 741. The van der Waals surface area contributed by atoms with Gasteiger partial charge in [0.2, 0.25) is 0 Å². The third kappa shape index (κ3) is 7.54. The molecular formula is C19H28Cl2FN3O2S. The number of hydrogen-bond donors (Lipinski definition) is 1. The summed E-state index contributed by atoms with van der Waals surface area (Å²) in [5.41, 5.74) is 6.75. The summed E-state index contributed by atoms with van der Waals surface area (Å²) in [6, 6.07) is 5.89. The number of carbonyl (C=O) groups is 1. The van der Waals surface area contributed by atoms with Gasteiger partial charge in [-0.2, -0.15) is 0 Å². The summed E-state index contributed by atoms with van der Waals surface area (Å²) in [6.07, 6.45) is 0.762. The molecule has 1 unspecified atom stereocenters. The standard InChI is InChI=1S/C19H26FN3O2S.2ClH/c1-12(2)16(21)9-10-23(4)19(24)18-13(3)22-17(26-18)11-25-15-7-5-14(20)6-8-15;;/h5-8,12,16H,9-11,21H2,1-4H3;2*1H. The van der Waals surface area contributed by atoms with Gasteiger partial charge < -0.3 is 15.4 Å². The van der Waals surface area contributed by atoms with E-state index in [4.69, 9.17) is 10.5 Å². The zero-order valence-corrected chi connectivity index (χ0v) is 18.9. The molecule has 2 rings (SSSR count). The maximum absolute atomic E-state index is 12.9. The molecule has 5 nitrogen and oxygen atoms in total. The van der Waals surface area contributed by atoms with Crippen LogP contribution in [0.2, 0.25) is 0 Å². The molecule has 0 fully saturated rings. The van der Waals surface area contributed by atoms with Gasteiger partial charge in [0.05, 0.1) is 5.69 Å². The van der Waals surface area contributed by atoms with Crippen molar-refractivity contribution in [3.8, 4) is 5.75 Å². The van der Waals surface area contributed by atoms with Crippen LogP contribution in [0.15, 0.2) is 24.3 Å². The molecule has 0 aliphatic heterocycles. The molecule has 0 radical (unpaired) electrons. The van der Waals surface area contributed by atoms with E-state index in [-0.39, 0.29) is 49.2 Å². The molecule has 1 aromatic carbocycles. The van der Waals surface area contributed by atoms with Gasteiger partial charge in [0.15, 0.2) is 0 Å². The van der Waals surface area contributed by atoms with Crippen LogP contribution in [-0.4, -0.2) is 35.4 Å². The van der Waals surface area contributed by atoms with E-state index < -0.39 is 0 Å². The van der Waals surface area contributed by atoms with Gasteiger partial charge in [-0.3, -0.25) is 4.79 Å². The molecule has 158 valence electrons. The molecule has 1 amide bonds. The largest absolute Gasteiger partial charge is 0.486 e. The van der Waals surface area contributed by atoms with Gasteiger partial charge in [0, 0.05) is 19.6 Å². The lowest BCUT2D eigenvalue weighted by atomic mass is 10.0. The number of aromatic nitrogens is 1. The highest BCUT2D eigenvalue weighted by Gasteiger charge is 2.20. The summed E-state index contributed by atoms with van der Waals surface area (Å²) in [7, 11) is 1.78. The lowest BCUT2D eigenvalue weighted by Gasteiger charge is -2.21. The summed E-state index contributed by atoms with van der Waals surface area (Å²) < 4.78 is 18.5. The minimum atomic E-state index is -0.310. The predicted octanol–water partition coefficient (Wildman–Crippen LogP) is 4.46. The molecule has 1 atom stereocenters. The third-order valence-corrected chi connectivity index (χ3v) is 5.33. The van der Waals surface area contributed by atoms with Crippen molar-refractivity contribution >= 4 is 42.1 Å². The number of ether oxygens (including phenoxy) is 1. The number of hydrogen-bond acceptors (Lipinski definition) is 5. The summed E-state index contributed by atoms with van der Waals surface area (Å²) >= 11 is 1.33.